The van der Waals surface area contributed by atoms with E-state index in [0.29, 0.717) is 47.9 Å². The molecule has 2 N–H and O–H groups in total. The third-order valence-corrected chi connectivity index (χ3v) is 7.18. The van der Waals surface area contributed by atoms with Gasteiger partial charge in [0.1, 0.15) is 23.0 Å². The summed E-state index contributed by atoms with van der Waals surface area (Å²) in [4.78, 5) is 26.4. The Balaban J connectivity index is 1.52. The molecule has 38 heavy (non-hydrogen) atoms. The van der Waals surface area contributed by atoms with Crippen LogP contribution in [0.2, 0.25) is 0 Å². The lowest BCUT2D eigenvalue weighted by molar-refractivity contribution is -0.138. The van der Waals surface area contributed by atoms with Crippen molar-refractivity contribution in [1.29, 1.82) is 0 Å². The molecule has 3 aromatic carbocycles. The normalized spacial score (nSPS) is 12.9. The minimum Gasteiger partial charge on any atom is -0.755 e. The van der Waals surface area contributed by atoms with Gasteiger partial charge in [-0.05, 0) is 62.1 Å². The van der Waals surface area contributed by atoms with Gasteiger partial charge >= 0.3 is 5.97 Å². The highest BCUT2D eigenvalue weighted by atomic mass is 32.2. The molecule has 1 aromatic heterocycles. The molecule has 1 heterocycles. The van der Waals surface area contributed by atoms with Crippen LogP contribution in [0.5, 0.6) is 5.75 Å². The van der Waals surface area contributed by atoms with Crippen molar-refractivity contribution in [2.45, 2.75) is 45.1 Å². The van der Waals surface area contributed by atoms with Crippen LogP contribution in [-0.2, 0) is 20.9 Å². The van der Waals surface area contributed by atoms with Crippen LogP contribution in [0.15, 0.2) is 71.1 Å². The number of carboxylic acids is 1. The maximum absolute atomic E-state index is 12.7. The number of nitrogens with zero attached hydrogens (tertiary/aromatic N) is 2. The van der Waals surface area contributed by atoms with Crippen molar-refractivity contribution in [1.82, 2.24) is 0 Å². The molecule has 0 fully saturated rings. The fourth-order valence-corrected chi connectivity index (χ4v) is 5.28. The molecule has 4 aromatic rings. The maximum Gasteiger partial charge on any atom is 0.327 e. The first-order valence-corrected chi connectivity index (χ1v) is 13.5. The van der Waals surface area contributed by atoms with Crippen LogP contribution in [0, 0.1) is 0 Å². The molecule has 200 valence electrons. The summed E-state index contributed by atoms with van der Waals surface area (Å²) in [5, 5.41) is 21.7. The zero-order valence-electron chi connectivity index (χ0n) is 20.9. The molecule has 4 rings (SSSR count). The van der Waals surface area contributed by atoms with E-state index in [1.54, 1.807) is 30.3 Å². The van der Waals surface area contributed by atoms with Crippen molar-refractivity contribution in [3.63, 3.8) is 0 Å². The van der Waals surface area contributed by atoms with Gasteiger partial charge in [-0.3, -0.25) is 13.3 Å². The smallest absolute Gasteiger partial charge is 0.327 e. The number of rotatable bonds is 12. The number of amides is 1. The number of carboxylic acid groups (broad SMARTS) is 1. The highest BCUT2D eigenvalue weighted by Gasteiger charge is 2.28. The number of hydrogen-bond acceptors (Lipinski definition) is 6. The molecule has 0 aliphatic carbocycles. The van der Waals surface area contributed by atoms with E-state index in [1.807, 2.05) is 31.2 Å². The molecular weight excluding hydrogens is 508 g/mol. The second kappa shape index (κ2) is 12.1. The lowest BCUT2D eigenvalue weighted by Gasteiger charge is -2.32. The molecule has 0 saturated heterocycles. The molecule has 0 aliphatic heterocycles. The van der Waals surface area contributed by atoms with E-state index < -0.39 is 23.3 Å². The van der Waals surface area contributed by atoms with E-state index in [2.05, 4.69) is 0 Å². The van der Waals surface area contributed by atoms with Crippen LogP contribution < -0.4 is 9.21 Å². The summed E-state index contributed by atoms with van der Waals surface area (Å²) < 4.78 is 31.2. The van der Waals surface area contributed by atoms with E-state index in [0.717, 1.165) is 9.69 Å². The number of fused-ring (bicyclic) bond motifs is 3. The number of unbranched alkanes of at least 4 members (excludes halogenated alkanes) is 1. The Kier molecular flexibility index (Phi) is 8.65. The minimum absolute atomic E-state index is 0.0181. The number of benzene rings is 3. The average molecular weight is 538 g/mol. The molecule has 2 atom stereocenters. The molecule has 10 heteroatoms. The van der Waals surface area contributed by atoms with E-state index in [4.69, 9.17) is 4.42 Å². The van der Waals surface area contributed by atoms with Crippen molar-refractivity contribution >= 4 is 56.5 Å². The van der Waals surface area contributed by atoms with E-state index in [1.165, 1.54) is 17.0 Å². The van der Waals surface area contributed by atoms with Gasteiger partial charge in [0.15, 0.2) is 0 Å². The van der Waals surface area contributed by atoms with Crippen molar-refractivity contribution in [2.75, 3.05) is 15.7 Å². The van der Waals surface area contributed by atoms with Crippen LogP contribution >= 0.6 is 0 Å². The van der Waals surface area contributed by atoms with Crippen LogP contribution in [0.4, 0.5) is 11.4 Å². The topological polar surface area (TPSA) is 134 Å². The second-order valence-electron chi connectivity index (χ2n) is 8.96. The Bertz CT molecular complexity index is 1470. The first-order valence-electron chi connectivity index (χ1n) is 12.4. The first kappa shape index (κ1) is 27.2. The number of phenolic OH excluding ortho intramolecular Hbond substituents is 1. The fraction of sp³-hybridized carbons (Fsp3) is 0.286. The summed E-state index contributed by atoms with van der Waals surface area (Å²) in [6.07, 6.45) is 1.73. The number of phenols is 1. The van der Waals surface area contributed by atoms with Crippen molar-refractivity contribution in [3.05, 3.63) is 66.7 Å². The lowest BCUT2D eigenvalue weighted by atomic mass is 10.1. The number of carbonyl (C=O) groups is 2. The summed E-state index contributed by atoms with van der Waals surface area (Å²) in [5.41, 5.74) is 1.83. The Morgan fingerprint density at radius 2 is 1.71 bits per heavy atom. The highest BCUT2D eigenvalue weighted by molar-refractivity contribution is 7.80. The van der Waals surface area contributed by atoms with Gasteiger partial charge in [0, 0.05) is 35.0 Å². The summed E-state index contributed by atoms with van der Waals surface area (Å²) >= 11 is -2.85. The van der Waals surface area contributed by atoms with Crippen LogP contribution in [-0.4, -0.2) is 43.4 Å². The van der Waals surface area contributed by atoms with Gasteiger partial charge in [-0.25, -0.2) is 4.79 Å². The Morgan fingerprint density at radius 3 is 2.42 bits per heavy atom. The summed E-state index contributed by atoms with van der Waals surface area (Å²) in [6.45, 7) is 2.15. The zero-order chi connectivity index (χ0) is 27.2. The number of carbonyl (C=O) groups excluding carboxylic acids is 1. The third-order valence-electron chi connectivity index (χ3n) is 6.39. The van der Waals surface area contributed by atoms with Crippen molar-refractivity contribution in [2.24, 2.45) is 0 Å². The van der Waals surface area contributed by atoms with Crippen LogP contribution in [0.25, 0.3) is 21.9 Å². The molecule has 9 nitrogen and oxygen atoms in total. The van der Waals surface area contributed by atoms with Crippen LogP contribution in [0.3, 0.4) is 0 Å². The van der Waals surface area contributed by atoms with E-state index in [9.17, 15) is 28.6 Å². The predicted octanol–water partition coefficient (Wildman–Crippen LogP) is 5.35. The van der Waals surface area contributed by atoms with Gasteiger partial charge in [-0.2, -0.15) is 0 Å². The third kappa shape index (κ3) is 5.81. The number of furan rings is 1. The second-order valence-corrected chi connectivity index (χ2v) is 9.78. The summed E-state index contributed by atoms with van der Waals surface area (Å²) in [5.74, 6) is -1.44. The van der Waals surface area contributed by atoms with Gasteiger partial charge < -0.3 is 24.1 Å². The van der Waals surface area contributed by atoms with Crippen LogP contribution in [0.1, 0.15) is 39.0 Å². The van der Waals surface area contributed by atoms with Gasteiger partial charge in [0.05, 0.1) is 11.4 Å². The Hall–Kier alpha value is -3.89. The molecule has 2 unspecified atom stereocenters. The number of aromatic hydroxyl groups is 1. The first-order chi connectivity index (χ1) is 18.3. The molecular formula is C28H29N2O7S-. The van der Waals surface area contributed by atoms with E-state index in [-0.39, 0.29) is 30.3 Å². The Morgan fingerprint density at radius 1 is 1.00 bits per heavy atom. The van der Waals surface area contributed by atoms with E-state index >= 15 is 0 Å². The fourth-order valence-electron chi connectivity index (χ4n) is 4.59. The van der Waals surface area contributed by atoms with Gasteiger partial charge in [0.2, 0.25) is 5.91 Å². The molecule has 0 aliphatic rings. The minimum atomic E-state index is -2.85. The quantitative estimate of drug-likeness (QED) is 0.184. The van der Waals surface area contributed by atoms with Gasteiger partial charge in [-0.15, -0.1) is 0 Å². The standard InChI is InChI=1S/C28H30N2O7S/c1-2-9-27(32)29(22-11-4-5-13-24(22)31)17-8-7-12-23(28(33)34)30(38(35)36)19-15-16-26-21(18-19)20-10-3-6-14-25(20)37-26/h3-6,10-11,13-16,18,23,31H,2,7-9,12,17H2,1H3,(H,33,34)(H,35,36)/p-1. The van der Waals surface area contributed by atoms with Crippen molar-refractivity contribution < 1.29 is 33.0 Å². The number of aliphatic carboxylic acids is 1. The number of para-hydroxylation sites is 3. The molecule has 0 saturated carbocycles. The summed E-state index contributed by atoms with van der Waals surface area (Å²) in [6, 6.07) is 17.3. The lowest BCUT2D eigenvalue weighted by Crippen LogP contribution is -2.42. The molecule has 0 radical (unpaired) electrons. The average Bonchev–Trinajstić information content (AvgIpc) is 3.26. The molecule has 1 amide bonds. The predicted molar refractivity (Wildman–Crippen MR) is 146 cm³/mol. The summed E-state index contributed by atoms with van der Waals surface area (Å²) in [7, 11) is 0. The van der Waals surface area contributed by atoms with Crippen molar-refractivity contribution in [3.8, 4) is 5.75 Å². The number of hydrogen-bond donors (Lipinski definition) is 2. The Labute approximate surface area is 222 Å². The molecule has 0 spiro atoms. The maximum atomic E-state index is 12.7. The van der Waals surface area contributed by atoms with Gasteiger partial charge in [-0.1, -0.05) is 37.3 Å². The molecule has 0 bridgehead atoms. The SMILES string of the molecule is CCCC(=O)N(CCCCC(C(=O)O)N(c1ccc2oc3ccccc3c2c1)S(=O)[O-])c1ccccc1O. The number of anilines is 2. The largest absolute Gasteiger partial charge is 0.755 e. The zero-order valence-corrected chi connectivity index (χ0v) is 21.7. The monoisotopic (exact) mass is 537 g/mol. The van der Waals surface area contributed by atoms with Gasteiger partial charge in [0.25, 0.3) is 0 Å². The highest BCUT2D eigenvalue weighted by Crippen LogP contribution is 2.33.